The van der Waals surface area contributed by atoms with Gasteiger partial charge in [-0.15, -0.1) is 0 Å². The number of rotatable bonds is 6. The molecular formula is C24H30BN7S. The van der Waals surface area contributed by atoms with Gasteiger partial charge in [0.2, 0.25) is 0 Å². The molecule has 4 aromatic rings. The van der Waals surface area contributed by atoms with Crippen LogP contribution >= 0.6 is 11.3 Å². The first-order chi connectivity index (χ1) is 16.0. The van der Waals surface area contributed by atoms with E-state index in [0.717, 1.165) is 68.4 Å². The van der Waals surface area contributed by atoms with Gasteiger partial charge in [-0.3, -0.25) is 0 Å². The molecule has 1 aliphatic rings. The SMILES string of the molecule is C=C/C(=C\NC)c1ccc(-c2nc3sc(N(C)C4CCN(C)C(C)C4)nc3[nH]2)c2[nH]bcc12. The number of fused-ring (bicyclic) bond motifs is 2. The van der Waals surface area contributed by atoms with Gasteiger partial charge in [-0.2, -0.15) is 0 Å². The van der Waals surface area contributed by atoms with Crippen molar-refractivity contribution in [3.8, 4) is 11.4 Å². The van der Waals surface area contributed by atoms with Crippen LogP contribution in [0.1, 0.15) is 25.3 Å². The van der Waals surface area contributed by atoms with E-state index in [1.807, 2.05) is 26.4 Å². The van der Waals surface area contributed by atoms with E-state index in [1.54, 1.807) is 11.3 Å². The third-order valence-corrected chi connectivity index (χ3v) is 7.93. The Bertz CT molecular complexity index is 1300. The quantitative estimate of drug-likeness (QED) is 0.378. The molecule has 2 atom stereocenters. The zero-order valence-corrected chi connectivity index (χ0v) is 20.5. The fourth-order valence-corrected chi connectivity index (χ4v) is 5.69. The number of piperidine rings is 1. The average molecular weight is 459 g/mol. The molecule has 2 unspecified atom stereocenters. The van der Waals surface area contributed by atoms with E-state index in [0.29, 0.717) is 12.1 Å². The molecule has 0 bridgehead atoms. The molecule has 0 radical (unpaired) electrons. The monoisotopic (exact) mass is 459 g/mol. The fraction of sp³-hybridized carbons (Fsp3) is 0.375. The van der Waals surface area contributed by atoms with Gasteiger partial charge in [-0.25, -0.2) is 0 Å². The van der Waals surface area contributed by atoms with Crippen LogP contribution in [0.15, 0.2) is 36.9 Å². The zero-order valence-electron chi connectivity index (χ0n) is 19.6. The third kappa shape index (κ3) is 3.89. The predicted octanol–water partition coefficient (Wildman–Crippen LogP) is 4.17. The van der Waals surface area contributed by atoms with Crippen molar-refractivity contribution in [3.63, 3.8) is 0 Å². The van der Waals surface area contributed by atoms with Crippen LogP contribution in [-0.4, -0.2) is 71.6 Å². The first kappa shape index (κ1) is 21.9. The second-order valence-electron chi connectivity index (χ2n) is 8.87. The zero-order chi connectivity index (χ0) is 23.1. The van der Waals surface area contributed by atoms with E-state index in [2.05, 4.69) is 70.7 Å². The summed E-state index contributed by atoms with van der Waals surface area (Å²) < 4.78 is 0. The Balaban J connectivity index is 1.46. The number of likely N-dealkylation sites (tertiary alicyclic amines) is 1. The predicted molar refractivity (Wildman–Crippen MR) is 141 cm³/mol. The van der Waals surface area contributed by atoms with Crippen molar-refractivity contribution in [2.45, 2.75) is 31.8 Å². The Morgan fingerprint density at radius 3 is 2.97 bits per heavy atom. The number of hydrogen-bond acceptors (Lipinski definition) is 6. The summed E-state index contributed by atoms with van der Waals surface area (Å²) in [5, 5.41) is 5.27. The van der Waals surface area contributed by atoms with Gasteiger partial charge in [-0.05, 0) is 14.0 Å². The molecule has 0 saturated carbocycles. The molecule has 0 spiro atoms. The van der Waals surface area contributed by atoms with Gasteiger partial charge in [-0.1, -0.05) is 0 Å². The van der Waals surface area contributed by atoms with E-state index < -0.39 is 0 Å². The van der Waals surface area contributed by atoms with Crippen LogP contribution in [0.25, 0.3) is 38.3 Å². The maximum atomic E-state index is 4.92. The van der Waals surface area contributed by atoms with E-state index in [4.69, 9.17) is 9.97 Å². The van der Waals surface area contributed by atoms with Gasteiger partial charge >= 0.3 is 180 Å². The number of aromatic nitrogens is 4. The third-order valence-electron chi connectivity index (χ3n) is 6.89. The molecule has 7 nitrogen and oxygen atoms in total. The number of aromatic amines is 2. The fourth-order valence-electron chi connectivity index (χ4n) is 4.76. The Morgan fingerprint density at radius 2 is 2.24 bits per heavy atom. The number of anilines is 1. The van der Waals surface area contributed by atoms with Crippen LogP contribution in [-0.2, 0) is 0 Å². The Kier molecular flexibility index (Phi) is 5.84. The minimum atomic E-state index is 0.515. The number of benzene rings is 1. The molecule has 9 heteroatoms. The number of imidazole rings is 1. The van der Waals surface area contributed by atoms with Crippen molar-refractivity contribution >= 4 is 50.5 Å². The van der Waals surface area contributed by atoms with Gasteiger partial charge in [0, 0.05) is 0 Å². The summed E-state index contributed by atoms with van der Waals surface area (Å²) in [6.45, 7) is 7.39. The Hall–Kier alpha value is -2.91. The Labute approximate surface area is 198 Å². The molecule has 3 aromatic heterocycles. The number of H-pyrrole nitrogens is 2. The molecule has 170 valence electrons. The van der Waals surface area contributed by atoms with Crippen molar-refractivity contribution in [1.29, 1.82) is 0 Å². The summed E-state index contributed by atoms with van der Waals surface area (Å²) in [6, 6.07) is 5.34. The van der Waals surface area contributed by atoms with Crippen LogP contribution in [0.4, 0.5) is 5.13 Å². The first-order valence-corrected chi connectivity index (χ1v) is 12.2. The summed E-state index contributed by atoms with van der Waals surface area (Å²) in [6.07, 6.45) is 6.15. The molecular weight excluding hydrogens is 429 g/mol. The molecule has 1 aromatic carbocycles. The molecule has 0 aliphatic carbocycles. The molecule has 1 aliphatic heterocycles. The van der Waals surface area contributed by atoms with Crippen LogP contribution in [0.2, 0.25) is 0 Å². The molecule has 3 N–H and O–H groups in total. The molecule has 5 rings (SSSR count). The van der Waals surface area contributed by atoms with Crippen molar-refractivity contribution in [2.24, 2.45) is 0 Å². The summed E-state index contributed by atoms with van der Waals surface area (Å²) >= 11 is 1.66. The van der Waals surface area contributed by atoms with Crippen LogP contribution < -0.4 is 10.2 Å². The van der Waals surface area contributed by atoms with E-state index in [9.17, 15) is 0 Å². The molecule has 1 fully saturated rings. The second kappa shape index (κ2) is 8.80. The summed E-state index contributed by atoms with van der Waals surface area (Å²) in [5.41, 5.74) is 5.11. The van der Waals surface area contributed by atoms with Crippen molar-refractivity contribution in [2.75, 3.05) is 32.6 Å². The summed E-state index contributed by atoms with van der Waals surface area (Å²) in [5.74, 6) is 2.93. The molecule has 0 amide bonds. The minimum absolute atomic E-state index is 0.515. The number of hydrogen-bond donors (Lipinski definition) is 3. The second-order valence-corrected chi connectivity index (χ2v) is 9.83. The molecule has 1 saturated heterocycles. The topological polar surface area (TPSA) is 75.9 Å². The van der Waals surface area contributed by atoms with Crippen LogP contribution in [0, 0.1) is 0 Å². The summed E-state index contributed by atoms with van der Waals surface area (Å²) in [7, 11) is 8.24. The Morgan fingerprint density at radius 1 is 1.39 bits per heavy atom. The van der Waals surface area contributed by atoms with E-state index in [1.165, 1.54) is 0 Å². The number of nitrogens with zero attached hydrogens (tertiary/aromatic N) is 4. The first-order valence-electron chi connectivity index (χ1n) is 11.4. The van der Waals surface area contributed by atoms with Crippen molar-refractivity contribution < 1.29 is 0 Å². The number of allylic oxidation sites excluding steroid dienone is 2. The van der Waals surface area contributed by atoms with E-state index in [-0.39, 0.29) is 0 Å². The van der Waals surface area contributed by atoms with Crippen LogP contribution in [0.3, 0.4) is 0 Å². The van der Waals surface area contributed by atoms with Gasteiger partial charge in [0.1, 0.15) is 0 Å². The van der Waals surface area contributed by atoms with Gasteiger partial charge in [0.25, 0.3) is 0 Å². The maximum absolute atomic E-state index is 4.92. The van der Waals surface area contributed by atoms with Gasteiger partial charge < -0.3 is 4.90 Å². The van der Waals surface area contributed by atoms with Gasteiger partial charge in [0.05, 0.1) is 0 Å². The molecule has 4 heterocycles. The molecule has 33 heavy (non-hydrogen) atoms. The normalized spacial score (nSPS) is 19.8. The van der Waals surface area contributed by atoms with Crippen molar-refractivity contribution in [3.05, 3.63) is 42.5 Å². The number of nitrogens with one attached hydrogen (secondary N) is 3. The van der Waals surface area contributed by atoms with Crippen molar-refractivity contribution in [1.82, 2.24) is 30.1 Å². The van der Waals surface area contributed by atoms with Gasteiger partial charge in [0.15, 0.2) is 0 Å². The average Bonchev–Trinajstić information content (AvgIpc) is 3.53. The summed E-state index contributed by atoms with van der Waals surface area (Å²) in [4.78, 5) is 22.4. The van der Waals surface area contributed by atoms with Crippen LogP contribution in [0.5, 0.6) is 0 Å². The number of thiazole rings is 1. The van der Waals surface area contributed by atoms with E-state index >= 15 is 0 Å². The standard InChI is InChI=1S/C24H30BN7S/c1-6-15(13-26-3)17-7-8-18(20-19(17)12-25-30-20)21-27-22-23(28-21)33-24(29-22)32(5)16-9-10-31(4)14(2)11-16/h6-8,12-14,16,26,30H,1,9-11H2,2-5H3,(H,27,28)/b15-13+.